The fourth-order valence-corrected chi connectivity index (χ4v) is 2.70. The van der Waals surface area contributed by atoms with Gasteiger partial charge in [0.15, 0.2) is 0 Å². The molecule has 1 aliphatic heterocycles. The van der Waals surface area contributed by atoms with Crippen LogP contribution in [0.5, 0.6) is 5.75 Å². The minimum absolute atomic E-state index is 0.564. The summed E-state index contributed by atoms with van der Waals surface area (Å²) in [7, 11) is 2.15. The molecule has 1 fully saturated rings. The maximum Gasteiger partial charge on any atom is 0.122 e. The van der Waals surface area contributed by atoms with Gasteiger partial charge in [-0.1, -0.05) is 30.3 Å². The second kappa shape index (κ2) is 6.71. The van der Waals surface area contributed by atoms with Crippen LogP contribution in [0.3, 0.4) is 0 Å². The standard InChI is InChI=1S/C18H23N3O/c1-20-9-11-21(12-10-20)18-8-7-16(13-17(18)19)22-14-15-5-3-2-4-6-15/h2-8,13H,9-12,14,19H2,1H3. The summed E-state index contributed by atoms with van der Waals surface area (Å²) in [6.07, 6.45) is 0. The number of anilines is 2. The third-order valence-electron chi connectivity index (χ3n) is 4.09. The topological polar surface area (TPSA) is 41.7 Å². The molecule has 0 spiro atoms. The van der Waals surface area contributed by atoms with Crippen LogP contribution in [0.4, 0.5) is 11.4 Å². The molecule has 0 bridgehead atoms. The van der Waals surface area contributed by atoms with Crippen molar-refractivity contribution >= 4 is 11.4 Å². The van der Waals surface area contributed by atoms with E-state index < -0.39 is 0 Å². The zero-order valence-corrected chi connectivity index (χ0v) is 13.0. The maximum absolute atomic E-state index is 6.22. The number of piperazine rings is 1. The molecule has 0 saturated carbocycles. The molecule has 2 aromatic carbocycles. The summed E-state index contributed by atoms with van der Waals surface area (Å²) in [5.74, 6) is 0.819. The molecule has 1 aliphatic rings. The van der Waals surface area contributed by atoms with Crippen molar-refractivity contribution in [1.29, 1.82) is 0 Å². The lowest BCUT2D eigenvalue weighted by Gasteiger charge is -2.34. The smallest absolute Gasteiger partial charge is 0.122 e. The van der Waals surface area contributed by atoms with Crippen molar-refractivity contribution in [3.63, 3.8) is 0 Å². The SMILES string of the molecule is CN1CCN(c2ccc(OCc3ccccc3)cc2N)CC1. The molecule has 0 aromatic heterocycles. The molecule has 0 radical (unpaired) electrons. The van der Waals surface area contributed by atoms with Crippen LogP contribution in [-0.4, -0.2) is 38.1 Å². The van der Waals surface area contributed by atoms with E-state index >= 15 is 0 Å². The van der Waals surface area contributed by atoms with Gasteiger partial charge < -0.3 is 20.3 Å². The number of rotatable bonds is 4. The van der Waals surface area contributed by atoms with Crippen LogP contribution in [0, 0.1) is 0 Å². The minimum Gasteiger partial charge on any atom is -0.489 e. The number of benzene rings is 2. The Morgan fingerprint density at radius 3 is 2.41 bits per heavy atom. The normalized spacial score (nSPS) is 15.8. The fraction of sp³-hybridized carbons (Fsp3) is 0.333. The number of ether oxygens (including phenoxy) is 1. The highest BCUT2D eigenvalue weighted by molar-refractivity contribution is 5.69. The molecule has 22 heavy (non-hydrogen) atoms. The van der Waals surface area contributed by atoms with Crippen molar-refractivity contribution in [2.75, 3.05) is 43.9 Å². The van der Waals surface area contributed by atoms with Crippen LogP contribution in [0.25, 0.3) is 0 Å². The van der Waals surface area contributed by atoms with Gasteiger partial charge in [-0.25, -0.2) is 0 Å². The van der Waals surface area contributed by atoms with E-state index in [-0.39, 0.29) is 0 Å². The van der Waals surface area contributed by atoms with Crippen molar-refractivity contribution in [2.24, 2.45) is 0 Å². The van der Waals surface area contributed by atoms with Gasteiger partial charge in [-0.15, -0.1) is 0 Å². The summed E-state index contributed by atoms with van der Waals surface area (Å²) in [6, 6.07) is 16.2. The molecule has 1 saturated heterocycles. The largest absolute Gasteiger partial charge is 0.489 e. The Kier molecular flexibility index (Phi) is 4.49. The average Bonchev–Trinajstić information content (AvgIpc) is 2.55. The third kappa shape index (κ3) is 3.52. The molecule has 2 N–H and O–H groups in total. The van der Waals surface area contributed by atoms with Gasteiger partial charge in [0.2, 0.25) is 0 Å². The van der Waals surface area contributed by atoms with Crippen molar-refractivity contribution in [3.8, 4) is 5.75 Å². The quantitative estimate of drug-likeness (QED) is 0.881. The van der Waals surface area contributed by atoms with Gasteiger partial charge in [-0.2, -0.15) is 0 Å². The monoisotopic (exact) mass is 297 g/mol. The van der Waals surface area contributed by atoms with Crippen LogP contribution in [0.2, 0.25) is 0 Å². The van der Waals surface area contributed by atoms with E-state index in [4.69, 9.17) is 10.5 Å². The highest BCUT2D eigenvalue weighted by Gasteiger charge is 2.16. The lowest BCUT2D eigenvalue weighted by Crippen LogP contribution is -2.44. The summed E-state index contributed by atoms with van der Waals surface area (Å²) >= 11 is 0. The van der Waals surface area contributed by atoms with Crippen LogP contribution >= 0.6 is 0 Å². The Morgan fingerprint density at radius 1 is 1.00 bits per heavy atom. The van der Waals surface area contributed by atoms with E-state index in [1.165, 1.54) is 0 Å². The lowest BCUT2D eigenvalue weighted by atomic mass is 10.2. The first kappa shape index (κ1) is 14.7. The molecule has 0 unspecified atom stereocenters. The first-order chi connectivity index (χ1) is 10.7. The van der Waals surface area contributed by atoms with Gasteiger partial charge in [-0.05, 0) is 24.7 Å². The molecular weight excluding hydrogens is 274 g/mol. The van der Waals surface area contributed by atoms with Gasteiger partial charge in [0.05, 0.1) is 11.4 Å². The van der Waals surface area contributed by atoms with E-state index in [2.05, 4.69) is 35.0 Å². The predicted octanol–water partition coefficient (Wildman–Crippen LogP) is 2.60. The van der Waals surface area contributed by atoms with E-state index in [1.54, 1.807) is 0 Å². The number of nitrogens with zero attached hydrogens (tertiary/aromatic N) is 2. The Morgan fingerprint density at radius 2 is 1.73 bits per heavy atom. The molecule has 116 valence electrons. The van der Waals surface area contributed by atoms with E-state index in [0.29, 0.717) is 6.61 Å². The van der Waals surface area contributed by atoms with E-state index in [0.717, 1.165) is 48.9 Å². The number of hydrogen-bond acceptors (Lipinski definition) is 4. The Balaban J connectivity index is 1.64. The summed E-state index contributed by atoms with van der Waals surface area (Å²) in [4.78, 5) is 4.68. The minimum atomic E-state index is 0.564. The van der Waals surface area contributed by atoms with Gasteiger partial charge in [-0.3, -0.25) is 0 Å². The predicted molar refractivity (Wildman–Crippen MR) is 91.3 cm³/mol. The van der Waals surface area contributed by atoms with Crippen LogP contribution in [-0.2, 0) is 6.61 Å². The molecule has 4 heteroatoms. The van der Waals surface area contributed by atoms with Crippen LogP contribution < -0.4 is 15.4 Å². The van der Waals surface area contributed by atoms with Gasteiger partial charge in [0, 0.05) is 32.2 Å². The summed E-state index contributed by atoms with van der Waals surface area (Å²) in [5.41, 5.74) is 9.28. The highest BCUT2D eigenvalue weighted by atomic mass is 16.5. The summed E-state index contributed by atoms with van der Waals surface area (Å²) < 4.78 is 5.83. The molecule has 0 amide bonds. The maximum atomic E-state index is 6.22. The van der Waals surface area contributed by atoms with Crippen molar-refractivity contribution in [3.05, 3.63) is 54.1 Å². The Hall–Kier alpha value is -2.20. The van der Waals surface area contributed by atoms with Crippen LogP contribution in [0.1, 0.15) is 5.56 Å². The fourth-order valence-electron chi connectivity index (χ4n) is 2.70. The lowest BCUT2D eigenvalue weighted by molar-refractivity contribution is 0.306. The molecule has 0 aliphatic carbocycles. The molecule has 0 atom stereocenters. The molecule has 2 aromatic rings. The molecule has 4 nitrogen and oxygen atoms in total. The Bertz CT molecular complexity index is 607. The van der Waals surface area contributed by atoms with Gasteiger partial charge in [0.25, 0.3) is 0 Å². The number of hydrogen-bond donors (Lipinski definition) is 1. The second-order valence-corrected chi connectivity index (χ2v) is 5.79. The zero-order valence-electron chi connectivity index (χ0n) is 13.0. The van der Waals surface area contributed by atoms with Crippen LogP contribution in [0.15, 0.2) is 48.5 Å². The van der Waals surface area contributed by atoms with Crippen molar-refractivity contribution < 1.29 is 4.74 Å². The number of likely N-dealkylation sites (N-methyl/N-ethyl adjacent to an activating group) is 1. The first-order valence-electron chi connectivity index (χ1n) is 7.72. The second-order valence-electron chi connectivity index (χ2n) is 5.79. The number of nitrogens with two attached hydrogens (primary N) is 1. The molecular formula is C18H23N3O. The van der Waals surface area contributed by atoms with E-state index in [9.17, 15) is 0 Å². The molecule has 3 rings (SSSR count). The highest BCUT2D eigenvalue weighted by Crippen LogP contribution is 2.28. The van der Waals surface area contributed by atoms with Crippen molar-refractivity contribution in [1.82, 2.24) is 4.90 Å². The van der Waals surface area contributed by atoms with Crippen molar-refractivity contribution in [2.45, 2.75) is 6.61 Å². The average molecular weight is 297 g/mol. The first-order valence-corrected chi connectivity index (χ1v) is 7.72. The van der Waals surface area contributed by atoms with E-state index in [1.807, 2.05) is 30.3 Å². The third-order valence-corrected chi connectivity index (χ3v) is 4.09. The Labute approximate surface area is 132 Å². The zero-order chi connectivity index (χ0) is 15.4. The van der Waals surface area contributed by atoms with Gasteiger partial charge >= 0.3 is 0 Å². The summed E-state index contributed by atoms with van der Waals surface area (Å²) in [6.45, 7) is 4.75. The van der Waals surface area contributed by atoms with Gasteiger partial charge in [0.1, 0.15) is 12.4 Å². The molecule has 1 heterocycles. The number of nitrogen functional groups attached to an aromatic ring is 1. The summed E-state index contributed by atoms with van der Waals surface area (Å²) in [5, 5.41) is 0.